The Morgan fingerprint density at radius 1 is 1.03 bits per heavy atom. The first-order valence-corrected chi connectivity index (χ1v) is 10.1. The maximum Gasteiger partial charge on any atom is 0.342 e. The molecule has 1 amide bonds. The first-order valence-electron chi connectivity index (χ1n) is 10.1. The number of carbonyl (C=O) groups excluding carboxylic acids is 2. The minimum absolute atomic E-state index is 0.228. The van der Waals surface area contributed by atoms with Crippen LogP contribution < -0.4 is 4.90 Å². The number of benzene rings is 3. The molecule has 1 atom stereocenters. The Balaban J connectivity index is 1.70. The summed E-state index contributed by atoms with van der Waals surface area (Å²) in [6.07, 6.45) is -0.728. The fraction of sp³-hybridized carbons (Fsp3) is 0.200. The monoisotopic (exact) mass is 415 g/mol. The number of rotatable bonds is 3. The van der Waals surface area contributed by atoms with Crippen molar-refractivity contribution in [3.8, 4) is 0 Å². The number of cyclic esters (lactones) is 1. The Bertz CT molecular complexity index is 1340. The van der Waals surface area contributed by atoms with E-state index in [2.05, 4.69) is 0 Å². The highest BCUT2D eigenvalue weighted by atomic mass is 16.6. The van der Waals surface area contributed by atoms with E-state index in [4.69, 9.17) is 13.9 Å². The molecule has 1 aliphatic rings. The SMILES string of the molecule is COCc1ccc2oc3cc4c(cc3c2c1)N(C(=O)c1ccc(C)cc1)C(C)OC4=O. The number of hydrogen-bond acceptors (Lipinski definition) is 5. The lowest BCUT2D eigenvalue weighted by Crippen LogP contribution is -2.45. The number of esters is 1. The third-order valence-corrected chi connectivity index (χ3v) is 5.60. The van der Waals surface area contributed by atoms with E-state index < -0.39 is 12.2 Å². The zero-order chi connectivity index (χ0) is 21.7. The minimum Gasteiger partial charge on any atom is -0.456 e. The molecule has 2 heterocycles. The molecule has 0 N–H and O–H groups in total. The molecule has 0 bridgehead atoms. The van der Waals surface area contributed by atoms with Crippen molar-refractivity contribution in [2.45, 2.75) is 26.7 Å². The van der Waals surface area contributed by atoms with Gasteiger partial charge in [0.15, 0.2) is 6.23 Å². The van der Waals surface area contributed by atoms with E-state index in [1.54, 1.807) is 32.2 Å². The van der Waals surface area contributed by atoms with Crippen LogP contribution in [-0.2, 0) is 16.1 Å². The number of ether oxygens (including phenoxy) is 2. The third kappa shape index (κ3) is 3.16. The summed E-state index contributed by atoms with van der Waals surface area (Å²) in [5, 5.41) is 1.73. The van der Waals surface area contributed by atoms with Gasteiger partial charge in [0.25, 0.3) is 5.91 Å². The molecule has 6 nitrogen and oxygen atoms in total. The van der Waals surface area contributed by atoms with Crippen molar-refractivity contribution in [2.24, 2.45) is 0 Å². The second-order valence-corrected chi connectivity index (χ2v) is 7.78. The van der Waals surface area contributed by atoms with Crippen LogP contribution in [0.25, 0.3) is 21.9 Å². The highest BCUT2D eigenvalue weighted by Gasteiger charge is 2.35. The van der Waals surface area contributed by atoms with Gasteiger partial charge in [0, 0.05) is 23.4 Å². The molecule has 1 aromatic heterocycles. The molecular weight excluding hydrogens is 394 g/mol. The summed E-state index contributed by atoms with van der Waals surface area (Å²) in [6, 6.07) is 16.7. The molecule has 3 aromatic carbocycles. The molecule has 1 unspecified atom stereocenters. The fourth-order valence-corrected chi connectivity index (χ4v) is 4.05. The summed E-state index contributed by atoms with van der Waals surface area (Å²) in [7, 11) is 1.65. The van der Waals surface area contributed by atoms with Crippen LogP contribution in [0.3, 0.4) is 0 Å². The molecule has 5 rings (SSSR count). The Morgan fingerprint density at radius 3 is 2.52 bits per heavy atom. The Morgan fingerprint density at radius 2 is 1.77 bits per heavy atom. The van der Waals surface area contributed by atoms with E-state index in [0.29, 0.717) is 34.6 Å². The molecule has 0 radical (unpaired) electrons. The van der Waals surface area contributed by atoms with Crippen molar-refractivity contribution < 1.29 is 23.5 Å². The maximum absolute atomic E-state index is 13.4. The summed E-state index contributed by atoms with van der Waals surface area (Å²) in [6.45, 7) is 4.14. The van der Waals surface area contributed by atoms with E-state index >= 15 is 0 Å². The van der Waals surface area contributed by atoms with Gasteiger partial charge in [-0.2, -0.15) is 0 Å². The maximum atomic E-state index is 13.4. The second-order valence-electron chi connectivity index (χ2n) is 7.78. The number of hydrogen-bond donors (Lipinski definition) is 0. The fourth-order valence-electron chi connectivity index (χ4n) is 4.05. The Labute approximate surface area is 179 Å². The summed E-state index contributed by atoms with van der Waals surface area (Å²) >= 11 is 0. The predicted molar refractivity (Wildman–Crippen MR) is 117 cm³/mol. The van der Waals surface area contributed by atoms with Crippen LogP contribution in [0.1, 0.15) is 38.8 Å². The number of anilines is 1. The highest BCUT2D eigenvalue weighted by molar-refractivity contribution is 6.16. The molecule has 0 saturated carbocycles. The van der Waals surface area contributed by atoms with Gasteiger partial charge in [0.2, 0.25) is 0 Å². The average Bonchev–Trinajstić information content (AvgIpc) is 3.10. The highest BCUT2D eigenvalue weighted by Crippen LogP contribution is 2.38. The smallest absolute Gasteiger partial charge is 0.342 e. The largest absolute Gasteiger partial charge is 0.456 e. The zero-order valence-electron chi connectivity index (χ0n) is 17.5. The van der Waals surface area contributed by atoms with Gasteiger partial charge in [-0.15, -0.1) is 0 Å². The van der Waals surface area contributed by atoms with E-state index in [-0.39, 0.29) is 5.91 Å². The normalized spacial score (nSPS) is 15.9. The van der Waals surface area contributed by atoms with Gasteiger partial charge in [-0.1, -0.05) is 23.8 Å². The summed E-state index contributed by atoms with van der Waals surface area (Å²) in [5.74, 6) is -0.702. The third-order valence-electron chi connectivity index (χ3n) is 5.60. The van der Waals surface area contributed by atoms with Gasteiger partial charge in [-0.3, -0.25) is 9.69 Å². The predicted octanol–water partition coefficient (Wildman–Crippen LogP) is 5.20. The number of furan rings is 1. The number of carbonyl (C=O) groups is 2. The van der Waals surface area contributed by atoms with E-state index in [1.165, 1.54) is 4.90 Å². The van der Waals surface area contributed by atoms with Crippen molar-refractivity contribution in [1.29, 1.82) is 0 Å². The summed E-state index contributed by atoms with van der Waals surface area (Å²) in [4.78, 5) is 27.5. The summed E-state index contributed by atoms with van der Waals surface area (Å²) < 4.78 is 16.7. The molecule has 0 aliphatic carbocycles. The lowest BCUT2D eigenvalue weighted by Gasteiger charge is -2.34. The molecule has 4 aromatic rings. The molecule has 0 saturated heterocycles. The van der Waals surface area contributed by atoms with Gasteiger partial charge in [0.05, 0.1) is 17.9 Å². The van der Waals surface area contributed by atoms with Crippen LogP contribution in [-0.4, -0.2) is 25.2 Å². The van der Waals surface area contributed by atoms with E-state index in [0.717, 1.165) is 21.9 Å². The standard InChI is InChI=1S/C25H21NO5/c1-14-4-7-17(8-5-14)24(27)26-15(2)30-25(28)20-12-23-19(11-21(20)26)18-10-16(13-29-3)6-9-22(18)31-23/h4-12,15H,13H2,1-3H3. The molecule has 6 heteroatoms. The number of methoxy groups -OCH3 is 1. The van der Waals surface area contributed by atoms with Crippen LogP contribution in [0.2, 0.25) is 0 Å². The first kappa shape index (κ1) is 19.3. The molecule has 156 valence electrons. The lowest BCUT2D eigenvalue weighted by atomic mass is 10.0. The molecule has 0 fully saturated rings. The number of aryl methyl sites for hydroxylation is 1. The minimum atomic E-state index is -0.728. The van der Waals surface area contributed by atoms with Gasteiger partial charge in [-0.25, -0.2) is 4.79 Å². The van der Waals surface area contributed by atoms with Gasteiger partial charge in [0.1, 0.15) is 11.2 Å². The van der Waals surface area contributed by atoms with E-state index in [9.17, 15) is 9.59 Å². The number of nitrogens with zero attached hydrogens (tertiary/aromatic N) is 1. The zero-order valence-corrected chi connectivity index (χ0v) is 17.5. The van der Waals surface area contributed by atoms with Crippen molar-refractivity contribution in [2.75, 3.05) is 12.0 Å². The van der Waals surface area contributed by atoms with E-state index in [1.807, 2.05) is 43.3 Å². The Hall–Kier alpha value is -3.64. The van der Waals surface area contributed by atoms with Crippen molar-refractivity contribution in [3.63, 3.8) is 0 Å². The van der Waals surface area contributed by atoms with Crippen molar-refractivity contribution in [1.82, 2.24) is 0 Å². The summed E-state index contributed by atoms with van der Waals surface area (Å²) in [5.41, 5.74) is 4.70. The molecule has 1 aliphatic heterocycles. The van der Waals surface area contributed by atoms with Crippen LogP contribution in [0, 0.1) is 6.92 Å². The molecular formula is C25H21NO5. The van der Waals surface area contributed by atoms with Crippen LogP contribution in [0.4, 0.5) is 5.69 Å². The second kappa shape index (κ2) is 7.25. The molecule has 0 spiro atoms. The Kier molecular flexibility index (Phi) is 4.52. The van der Waals surface area contributed by atoms with Gasteiger partial charge < -0.3 is 13.9 Å². The lowest BCUT2D eigenvalue weighted by molar-refractivity contribution is 0.0296. The van der Waals surface area contributed by atoms with Gasteiger partial charge in [-0.05, 0) is 55.8 Å². The first-order chi connectivity index (χ1) is 15.0. The van der Waals surface area contributed by atoms with Crippen LogP contribution in [0.5, 0.6) is 0 Å². The number of fused-ring (bicyclic) bond motifs is 4. The van der Waals surface area contributed by atoms with Gasteiger partial charge >= 0.3 is 5.97 Å². The van der Waals surface area contributed by atoms with Crippen molar-refractivity contribution >= 4 is 39.5 Å². The molecule has 31 heavy (non-hydrogen) atoms. The quantitative estimate of drug-likeness (QED) is 0.430. The van der Waals surface area contributed by atoms with Crippen LogP contribution >= 0.6 is 0 Å². The van der Waals surface area contributed by atoms with Crippen LogP contribution in [0.15, 0.2) is 59.0 Å². The van der Waals surface area contributed by atoms with Crippen molar-refractivity contribution in [3.05, 3.63) is 76.9 Å². The average molecular weight is 415 g/mol. The number of amides is 1. The topological polar surface area (TPSA) is 69.0 Å².